The average Bonchev–Trinajstić information content (AvgIpc) is 2.92. The number of ether oxygens (including phenoxy) is 1. The molecule has 1 aromatic carbocycles. The Hall–Kier alpha value is -1.13. The third-order valence-electron chi connectivity index (χ3n) is 4.27. The molecule has 0 spiro atoms. The molecule has 3 nitrogen and oxygen atoms in total. The van der Waals surface area contributed by atoms with E-state index >= 15 is 0 Å². The molecular formula is C16H22N2OS. The second kappa shape index (κ2) is 5.70. The molecule has 20 heavy (non-hydrogen) atoms. The maximum Gasteiger partial charge on any atom is 0.120 e. The predicted octanol–water partition coefficient (Wildman–Crippen LogP) is 3.73. The second-order valence-electron chi connectivity index (χ2n) is 5.50. The SMILES string of the molecule is CCOc1ccc2nc(C3(CC)CCCNC3)sc2c1. The highest BCUT2D eigenvalue weighted by atomic mass is 32.1. The van der Waals surface area contributed by atoms with Gasteiger partial charge in [-0.05, 0) is 50.9 Å². The molecule has 0 radical (unpaired) electrons. The van der Waals surface area contributed by atoms with Crippen LogP contribution >= 0.6 is 11.3 Å². The third-order valence-corrected chi connectivity index (χ3v) is 5.54. The van der Waals surface area contributed by atoms with Gasteiger partial charge < -0.3 is 10.1 Å². The number of piperidine rings is 1. The van der Waals surface area contributed by atoms with Gasteiger partial charge >= 0.3 is 0 Å². The van der Waals surface area contributed by atoms with Crippen LogP contribution in [0.4, 0.5) is 0 Å². The summed E-state index contributed by atoms with van der Waals surface area (Å²) in [5.74, 6) is 0.947. The van der Waals surface area contributed by atoms with Crippen molar-refractivity contribution in [1.29, 1.82) is 0 Å². The highest BCUT2D eigenvalue weighted by molar-refractivity contribution is 7.18. The summed E-state index contributed by atoms with van der Waals surface area (Å²) >= 11 is 1.84. The van der Waals surface area contributed by atoms with Crippen molar-refractivity contribution in [3.63, 3.8) is 0 Å². The van der Waals surface area contributed by atoms with Crippen LogP contribution in [0.5, 0.6) is 5.75 Å². The van der Waals surface area contributed by atoms with Crippen molar-refractivity contribution in [3.8, 4) is 5.75 Å². The molecule has 1 unspecified atom stereocenters. The molecule has 108 valence electrons. The van der Waals surface area contributed by atoms with E-state index in [4.69, 9.17) is 9.72 Å². The molecule has 1 aliphatic rings. The summed E-state index contributed by atoms with van der Waals surface area (Å²) in [6.07, 6.45) is 3.64. The molecule has 2 heterocycles. The standard InChI is InChI=1S/C16H22N2OS/c1-3-16(8-5-9-17-11-16)15-18-13-7-6-12(19-4-2)10-14(13)20-15/h6-7,10,17H,3-5,8-9,11H2,1-2H3. The Morgan fingerprint density at radius 3 is 3.00 bits per heavy atom. The van der Waals surface area contributed by atoms with Crippen molar-refractivity contribution in [3.05, 3.63) is 23.2 Å². The minimum atomic E-state index is 0.230. The maximum absolute atomic E-state index is 5.59. The van der Waals surface area contributed by atoms with E-state index in [9.17, 15) is 0 Å². The molecule has 4 heteroatoms. The van der Waals surface area contributed by atoms with Crippen molar-refractivity contribution in [2.24, 2.45) is 0 Å². The first-order chi connectivity index (χ1) is 9.77. The molecule has 1 fully saturated rings. The molecule has 1 aromatic heterocycles. The van der Waals surface area contributed by atoms with Gasteiger partial charge in [0.25, 0.3) is 0 Å². The Balaban J connectivity index is 1.98. The number of nitrogens with zero attached hydrogens (tertiary/aromatic N) is 1. The first kappa shape index (κ1) is 13.8. The number of nitrogens with one attached hydrogen (secondary N) is 1. The minimum Gasteiger partial charge on any atom is -0.494 e. The van der Waals surface area contributed by atoms with Gasteiger partial charge in [-0.15, -0.1) is 11.3 Å². The molecule has 0 aliphatic carbocycles. The number of benzene rings is 1. The van der Waals surface area contributed by atoms with Crippen LogP contribution < -0.4 is 10.1 Å². The molecule has 1 aliphatic heterocycles. The topological polar surface area (TPSA) is 34.1 Å². The van der Waals surface area contributed by atoms with E-state index in [1.807, 2.05) is 24.3 Å². The van der Waals surface area contributed by atoms with Gasteiger partial charge in [-0.2, -0.15) is 0 Å². The molecule has 0 amide bonds. The number of aromatic nitrogens is 1. The Kier molecular flexibility index (Phi) is 3.94. The number of hydrogen-bond donors (Lipinski definition) is 1. The van der Waals surface area contributed by atoms with Gasteiger partial charge in [0.2, 0.25) is 0 Å². The fraction of sp³-hybridized carbons (Fsp3) is 0.562. The monoisotopic (exact) mass is 290 g/mol. The first-order valence-corrected chi connectivity index (χ1v) is 8.33. The summed E-state index contributed by atoms with van der Waals surface area (Å²) in [5, 5.41) is 4.83. The summed E-state index contributed by atoms with van der Waals surface area (Å²) in [5.41, 5.74) is 1.33. The van der Waals surface area contributed by atoms with Gasteiger partial charge in [-0.3, -0.25) is 0 Å². The number of thiazole rings is 1. The maximum atomic E-state index is 5.59. The van der Waals surface area contributed by atoms with E-state index in [0.717, 1.165) is 30.8 Å². The summed E-state index contributed by atoms with van der Waals surface area (Å²) < 4.78 is 6.83. The van der Waals surface area contributed by atoms with Crippen LogP contribution in [-0.4, -0.2) is 24.7 Å². The summed E-state index contributed by atoms with van der Waals surface area (Å²) in [6, 6.07) is 6.23. The van der Waals surface area contributed by atoms with Gasteiger partial charge in [-0.1, -0.05) is 6.92 Å². The molecule has 1 N–H and O–H groups in total. The summed E-state index contributed by atoms with van der Waals surface area (Å²) in [4.78, 5) is 4.90. The van der Waals surface area contributed by atoms with Crippen molar-refractivity contribution in [2.45, 2.75) is 38.5 Å². The van der Waals surface area contributed by atoms with Crippen LogP contribution in [0, 0.1) is 0 Å². The van der Waals surface area contributed by atoms with Crippen LogP contribution in [0.25, 0.3) is 10.2 Å². The van der Waals surface area contributed by atoms with E-state index in [2.05, 4.69) is 24.4 Å². The van der Waals surface area contributed by atoms with E-state index < -0.39 is 0 Å². The molecular weight excluding hydrogens is 268 g/mol. The quantitative estimate of drug-likeness (QED) is 0.931. The Labute approximate surface area is 124 Å². The lowest BCUT2D eigenvalue weighted by molar-refractivity contribution is 0.302. The van der Waals surface area contributed by atoms with E-state index in [-0.39, 0.29) is 5.41 Å². The van der Waals surface area contributed by atoms with Gasteiger partial charge in [0.05, 0.1) is 16.8 Å². The van der Waals surface area contributed by atoms with Crippen LogP contribution in [0.3, 0.4) is 0 Å². The van der Waals surface area contributed by atoms with Crippen LogP contribution in [0.15, 0.2) is 18.2 Å². The lowest BCUT2D eigenvalue weighted by atomic mass is 9.79. The molecule has 2 aromatic rings. The average molecular weight is 290 g/mol. The molecule has 0 saturated carbocycles. The highest BCUT2D eigenvalue weighted by Crippen LogP contribution is 2.39. The lowest BCUT2D eigenvalue weighted by Gasteiger charge is -2.35. The normalized spacial score (nSPS) is 23.1. The molecule has 1 atom stereocenters. The lowest BCUT2D eigenvalue weighted by Crippen LogP contribution is -2.42. The van der Waals surface area contributed by atoms with Crippen LogP contribution in [0.2, 0.25) is 0 Å². The second-order valence-corrected chi connectivity index (χ2v) is 6.53. The number of hydrogen-bond acceptors (Lipinski definition) is 4. The predicted molar refractivity (Wildman–Crippen MR) is 84.9 cm³/mol. The van der Waals surface area contributed by atoms with Gasteiger partial charge in [0.1, 0.15) is 10.8 Å². The Morgan fingerprint density at radius 2 is 2.30 bits per heavy atom. The van der Waals surface area contributed by atoms with E-state index in [1.165, 1.54) is 22.5 Å². The van der Waals surface area contributed by atoms with Gasteiger partial charge in [-0.25, -0.2) is 4.98 Å². The van der Waals surface area contributed by atoms with Crippen molar-refractivity contribution >= 4 is 21.6 Å². The fourth-order valence-corrected chi connectivity index (χ4v) is 4.27. The van der Waals surface area contributed by atoms with Crippen LogP contribution in [0.1, 0.15) is 38.1 Å². The zero-order valence-electron chi connectivity index (χ0n) is 12.2. The van der Waals surface area contributed by atoms with E-state index in [0.29, 0.717) is 6.61 Å². The van der Waals surface area contributed by atoms with Crippen molar-refractivity contribution in [2.75, 3.05) is 19.7 Å². The molecule has 0 bridgehead atoms. The first-order valence-electron chi connectivity index (χ1n) is 7.52. The van der Waals surface area contributed by atoms with Gasteiger partial charge in [0.15, 0.2) is 0 Å². The van der Waals surface area contributed by atoms with Crippen molar-refractivity contribution in [1.82, 2.24) is 10.3 Å². The zero-order valence-corrected chi connectivity index (χ0v) is 13.1. The summed E-state index contributed by atoms with van der Waals surface area (Å²) in [6.45, 7) is 7.20. The summed E-state index contributed by atoms with van der Waals surface area (Å²) in [7, 11) is 0. The third kappa shape index (κ3) is 2.42. The largest absolute Gasteiger partial charge is 0.494 e. The highest BCUT2D eigenvalue weighted by Gasteiger charge is 2.35. The Bertz CT molecular complexity index is 587. The zero-order chi connectivity index (χ0) is 14.0. The van der Waals surface area contributed by atoms with E-state index in [1.54, 1.807) is 0 Å². The minimum absolute atomic E-state index is 0.230. The van der Waals surface area contributed by atoms with Gasteiger partial charge in [0, 0.05) is 12.0 Å². The smallest absolute Gasteiger partial charge is 0.120 e. The van der Waals surface area contributed by atoms with Crippen LogP contribution in [-0.2, 0) is 5.41 Å². The molecule has 1 saturated heterocycles. The van der Waals surface area contributed by atoms with Crippen molar-refractivity contribution < 1.29 is 4.74 Å². The number of fused-ring (bicyclic) bond motifs is 1. The Morgan fingerprint density at radius 1 is 1.40 bits per heavy atom. The number of rotatable bonds is 4. The fourth-order valence-electron chi connectivity index (χ4n) is 2.99. The molecule has 3 rings (SSSR count).